The van der Waals surface area contributed by atoms with E-state index in [4.69, 9.17) is 0 Å². The quantitative estimate of drug-likeness (QED) is 0.0398. The zero-order valence-electron chi connectivity index (χ0n) is 29.8. The Morgan fingerprint density at radius 3 is 0.490 bits per heavy atom. The third-order valence-corrected chi connectivity index (χ3v) is 6.94. The summed E-state index contributed by atoms with van der Waals surface area (Å²) in [4.78, 5) is 0. The van der Waals surface area contributed by atoms with Crippen molar-refractivity contribution in [3.8, 4) is 0 Å². The van der Waals surface area contributed by atoms with Crippen LogP contribution in [0, 0.1) is 0 Å². The molecule has 0 fully saturated rings. The first-order valence-corrected chi connectivity index (χ1v) is 17.6. The fraction of sp³-hybridized carbons (Fsp3) is 1.00. The lowest BCUT2D eigenvalue weighted by Crippen LogP contribution is -2.50. The van der Waals surface area contributed by atoms with Gasteiger partial charge in [-0.15, -0.1) is 0 Å². The van der Waals surface area contributed by atoms with Gasteiger partial charge in [0.05, 0.1) is 26.2 Å². The first-order valence-electron chi connectivity index (χ1n) is 17.6. The maximum absolute atomic E-state index is 9.75. The van der Waals surface area contributed by atoms with Crippen LogP contribution in [0.2, 0.25) is 0 Å². The average molecular weight is 758 g/mol. The van der Waals surface area contributed by atoms with E-state index in [9.17, 15) is 69.1 Å². The van der Waals surface area contributed by atoms with Crippen LogP contribution in [-0.4, -0.2) is 59.7 Å². The van der Waals surface area contributed by atoms with Crippen molar-refractivity contribution in [1.29, 1.82) is 0 Å². The van der Waals surface area contributed by atoms with Gasteiger partial charge in [-0.25, -0.2) is 0 Å². The number of rotatable bonds is 24. The molecule has 0 rings (SSSR count). The molecule has 0 atom stereocenters. The Balaban J connectivity index is -0.000000259. The normalized spacial score (nSPS) is 12.0. The number of quaternary nitrogens is 1. The van der Waals surface area contributed by atoms with E-state index in [0.29, 0.717) is 0 Å². The molecule has 0 bridgehead atoms. The summed E-state index contributed by atoms with van der Waals surface area (Å²) >= 11 is 0. The molecule has 1 nitrogen and oxygen atoms in total. The van der Waals surface area contributed by atoms with Crippen LogP contribution in [0.25, 0.3) is 0 Å². The fourth-order valence-corrected chi connectivity index (χ4v) is 4.87. The Kier molecular flexibility index (Phi) is 41.6. The zero-order chi connectivity index (χ0) is 39.5. The van der Waals surface area contributed by atoms with Gasteiger partial charge < -0.3 is 73.5 Å². The van der Waals surface area contributed by atoms with Gasteiger partial charge in [-0.3, -0.25) is 0 Å². The van der Waals surface area contributed by atoms with E-state index in [1.165, 1.54) is 159 Å². The summed E-state index contributed by atoms with van der Waals surface area (Å²) in [6.07, 6.45) is 28.8. The van der Waals surface area contributed by atoms with Gasteiger partial charge in [-0.1, -0.05) is 105 Å². The third kappa shape index (κ3) is 99.0. The second kappa shape index (κ2) is 35.5. The average Bonchev–Trinajstić information content (AvgIpc) is 2.89. The molecule has 0 aliphatic heterocycles. The highest BCUT2D eigenvalue weighted by Crippen LogP contribution is 2.20. The first-order chi connectivity index (χ1) is 22.2. The van der Waals surface area contributed by atoms with E-state index in [2.05, 4.69) is 27.7 Å². The molecular formula is C28H60B4F16N-3. The molecule has 49 heavy (non-hydrogen) atoms. The minimum atomic E-state index is -6.00. The summed E-state index contributed by atoms with van der Waals surface area (Å²) in [6, 6.07) is 0. The van der Waals surface area contributed by atoms with Crippen molar-refractivity contribution in [2.75, 3.05) is 26.2 Å². The van der Waals surface area contributed by atoms with Crippen molar-refractivity contribution < 1.29 is 73.5 Å². The molecule has 0 N–H and O–H groups in total. The van der Waals surface area contributed by atoms with Crippen molar-refractivity contribution in [2.24, 2.45) is 0 Å². The van der Waals surface area contributed by atoms with Gasteiger partial charge in [0.2, 0.25) is 0 Å². The number of hydrogen-bond donors (Lipinski definition) is 0. The van der Waals surface area contributed by atoms with E-state index >= 15 is 0 Å². The number of halogens is 16. The highest BCUT2D eigenvalue weighted by atomic mass is 19.5. The zero-order valence-corrected chi connectivity index (χ0v) is 29.8. The molecule has 0 aromatic carbocycles. The van der Waals surface area contributed by atoms with Crippen LogP contribution in [0.15, 0.2) is 0 Å². The van der Waals surface area contributed by atoms with Gasteiger partial charge in [-0.05, 0) is 51.4 Å². The molecule has 0 heterocycles. The van der Waals surface area contributed by atoms with Crippen LogP contribution in [0.3, 0.4) is 0 Å². The summed E-state index contributed by atoms with van der Waals surface area (Å²) in [6.45, 7) is 15.2. The highest BCUT2D eigenvalue weighted by molar-refractivity contribution is 6.50. The predicted octanol–water partition coefficient (Wildman–Crippen LogP) is 14.9. The maximum atomic E-state index is 9.75. The summed E-state index contributed by atoms with van der Waals surface area (Å²) in [5.74, 6) is 0. The largest absolute Gasteiger partial charge is 0.673 e. The van der Waals surface area contributed by atoms with Crippen molar-refractivity contribution in [3.05, 3.63) is 0 Å². The number of unbranched alkanes of at least 4 members (excludes halogenated alkanes) is 16. The van der Waals surface area contributed by atoms with Crippen LogP contribution < -0.4 is 0 Å². The summed E-state index contributed by atoms with van der Waals surface area (Å²) in [7, 11) is -24.0. The lowest BCUT2D eigenvalue weighted by atomic mass is 10.1. The lowest BCUT2D eigenvalue weighted by molar-refractivity contribution is -0.929. The SMILES string of the molecule is CCCCCCC[N+](CCCCCCC)(CCCCCCC)CCCCCCC.F[B-](F)(F)F.F[B-](F)(F)F.F[B-](F)(F)F.F[B-](F)(F)F. The summed E-state index contributed by atoms with van der Waals surface area (Å²) in [5.41, 5.74) is 0. The Morgan fingerprint density at radius 1 is 0.245 bits per heavy atom. The molecule has 0 radical (unpaired) electrons. The molecule has 0 aliphatic carbocycles. The smallest absolute Gasteiger partial charge is 0.418 e. The molecule has 0 aliphatic rings. The number of hydrogen-bond acceptors (Lipinski definition) is 0. The second-order valence-corrected chi connectivity index (χ2v) is 11.9. The molecule has 304 valence electrons. The Morgan fingerprint density at radius 2 is 0.367 bits per heavy atom. The predicted molar refractivity (Wildman–Crippen MR) is 176 cm³/mol. The molecule has 0 aromatic heterocycles. The van der Waals surface area contributed by atoms with Crippen LogP contribution >= 0.6 is 0 Å². The molecule has 21 heteroatoms. The Hall–Kier alpha value is -0.900. The van der Waals surface area contributed by atoms with E-state index in [0.717, 1.165) is 0 Å². The molecule has 0 spiro atoms. The second-order valence-electron chi connectivity index (χ2n) is 11.9. The molecule has 0 saturated carbocycles. The molecular weight excluding hydrogens is 698 g/mol. The van der Waals surface area contributed by atoms with Gasteiger partial charge in [0.25, 0.3) is 0 Å². The Labute approximate surface area is 285 Å². The Bertz CT molecular complexity index is 516. The van der Waals surface area contributed by atoms with Gasteiger partial charge in [0.15, 0.2) is 0 Å². The molecule has 0 amide bonds. The van der Waals surface area contributed by atoms with Gasteiger partial charge in [0.1, 0.15) is 0 Å². The maximum Gasteiger partial charge on any atom is 0.673 e. The van der Waals surface area contributed by atoms with Crippen molar-refractivity contribution in [3.63, 3.8) is 0 Å². The monoisotopic (exact) mass is 758 g/mol. The van der Waals surface area contributed by atoms with Crippen LogP contribution in [0.5, 0.6) is 0 Å². The van der Waals surface area contributed by atoms with Crippen LogP contribution in [-0.2, 0) is 0 Å². The standard InChI is InChI=1S/C28H60N.4BF4/c1-5-9-13-17-21-25-29(26-22-18-14-10-6-2,27-23-19-15-11-7-3)28-24-20-16-12-8-4;4*2-1(3,4)5/h5-28H2,1-4H3;;;;/q+1;4*-1. The highest BCUT2D eigenvalue weighted by Gasteiger charge is 2.26. The summed E-state index contributed by atoms with van der Waals surface area (Å²) < 4.78 is 157. The van der Waals surface area contributed by atoms with Crippen molar-refractivity contribution in [1.82, 2.24) is 0 Å². The van der Waals surface area contributed by atoms with Gasteiger partial charge >= 0.3 is 29.0 Å². The van der Waals surface area contributed by atoms with Crippen LogP contribution in [0.1, 0.15) is 156 Å². The molecule has 0 saturated heterocycles. The van der Waals surface area contributed by atoms with Crippen molar-refractivity contribution in [2.45, 2.75) is 156 Å². The van der Waals surface area contributed by atoms with Crippen molar-refractivity contribution >= 4 is 29.0 Å². The summed E-state index contributed by atoms with van der Waals surface area (Å²) in [5, 5.41) is 0. The lowest BCUT2D eigenvalue weighted by Gasteiger charge is -2.39. The van der Waals surface area contributed by atoms with E-state index in [1.54, 1.807) is 0 Å². The fourth-order valence-electron chi connectivity index (χ4n) is 4.87. The minimum Gasteiger partial charge on any atom is -0.418 e. The number of nitrogens with zero attached hydrogens (tertiary/aromatic N) is 1. The van der Waals surface area contributed by atoms with E-state index in [1.807, 2.05) is 0 Å². The third-order valence-electron chi connectivity index (χ3n) is 6.94. The van der Waals surface area contributed by atoms with E-state index < -0.39 is 29.0 Å². The topological polar surface area (TPSA) is 0 Å². The van der Waals surface area contributed by atoms with E-state index in [-0.39, 0.29) is 0 Å². The molecule has 0 aromatic rings. The minimum absolute atomic E-state index is 1.37. The first kappa shape index (κ1) is 57.4. The van der Waals surface area contributed by atoms with Crippen LogP contribution in [0.4, 0.5) is 69.1 Å². The molecule has 0 unspecified atom stereocenters. The van der Waals surface area contributed by atoms with Gasteiger partial charge in [-0.2, -0.15) is 0 Å². The van der Waals surface area contributed by atoms with Gasteiger partial charge in [0, 0.05) is 0 Å².